The molecule has 0 bridgehead atoms. The van der Waals surface area contributed by atoms with E-state index in [0.29, 0.717) is 28.9 Å². The van der Waals surface area contributed by atoms with Crippen molar-refractivity contribution in [1.82, 2.24) is 9.88 Å². The van der Waals surface area contributed by atoms with Gasteiger partial charge in [0.15, 0.2) is 0 Å². The van der Waals surface area contributed by atoms with Crippen LogP contribution in [0.3, 0.4) is 0 Å². The van der Waals surface area contributed by atoms with Crippen molar-refractivity contribution >= 4 is 46.7 Å². The lowest BCUT2D eigenvalue weighted by Gasteiger charge is -2.17. The van der Waals surface area contributed by atoms with E-state index in [4.69, 9.17) is 10.5 Å². The Morgan fingerprint density at radius 2 is 2.12 bits per heavy atom. The molecular formula is C16H17BrCl2FN3O2. The number of aromatic nitrogens is 1. The summed E-state index contributed by atoms with van der Waals surface area (Å²) in [4.78, 5) is 18.4. The van der Waals surface area contributed by atoms with E-state index >= 15 is 0 Å². The maximum Gasteiger partial charge on any atom is 0.259 e. The zero-order chi connectivity index (χ0) is 16.4. The molecule has 1 aromatic heterocycles. The van der Waals surface area contributed by atoms with Gasteiger partial charge in [-0.25, -0.2) is 9.37 Å². The third kappa shape index (κ3) is 5.04. The molecular weight excluding hydrogens is 436 g/mol. The largest absolute Gasteiger partial charge is 0.437 e. The van der Waals surface area contributed by atoms with Crippen LogP contribution in [-0.4, -0.2) is 34.9 Å². The molecule has 9 heteroatoms. The SMILES string of the molecule is Cl.Cl.NC1CCN(C(=O)c2cccnc2Oc2ccc(F)cc2Br)C1. The summed E-state index contributed by atoms with van der Waals surface area (Å²) in [7, 11) is 0. The number of nitrogens with zero attached hydrogens (tertiary/aromatic N) is 2. The third-order valence-corrected chi connectivity index (χ3v) is 4.23. The molecule has 2 N–H and O–H groups in total. The molecule has 2 aromatic rings. The van der Waals surface area contributed by atoms with Crippen LogP contribution in [0.15, 0.2) is 41.0 Å². The molecule has 3 rings (SSSR count). The molecule has 0 saturated carbocycles. The Morgan fingerprint density at radius 1 is 1.36 bits per heavy atom. The van der Waals surface area contributed by atoms with E-state index in [2.05, 4.69) is 20.9 Å². The minimum absolute atomic E-state index is 0. The second-order valence-corrected chi connectivity index (χ2v) is 6.19. The highest BCUT2D eigenvalue weighted by atomic mass is 79.9. The van der Waals surface area contributed by atoms with Gasteiger partial charge in [0.05, 0.1) is 4.47 Å². The molecule has 5 nitrogen and oxygen atoms in total. The number of hydrogen-bond donors (Lipinski definition) is 1. The van der Waals surface area contributed by atoms with Gasteiger partial charge in [-0.15, -0.1) is 24.8 Å². The molecule has 136 valence electrons. The van der Waals surface area contributed by atoms with E-state index in [0.717, 1.165) is 6.42 Å². The Kier molecular flexibility index (Phi) is 8.08. The fourth-order valence-corrected chi connectivity index (χ4v) is 2.87. The second-order valence-electron chi connectivity index (χ2n) is 5.33. The Bertz CT molecular complexity index is 751. The zero-order valence-electron chi connectivity index (χ0n) is 13.0. The fourth-order valence-electron chi connectivity index (χ4n) is 2.44. The summed E-state index contributed by atoms with van der Waals surface area (Å²) in [5.74, 6) is 0.0226. The van der Waals surface area contributed by atoms with Crippen LogP contribution in [0.4, 0.5) is 4.39 Å². The first-order valence-electron chi connectivity index (χ1n) is 7.17. The Labute approximate surface area is 165 Å². The van der Waals surface area contributed by atoms with Gasteiger partial charge >= 0.3 is 0 Å². The van der Waals surface area contributed by atoms with Crippen molar-refractivity contribution in [3.05, 3.63) is 52.4 Å². The van der Waals surface area contributed by atoms with E-state index in [1.807, 2.05) is 0 Å². The summed E-state index contributed by atoms with van der Waals surface area (Å²) < 4.78 is 19.3. The molecule has 0 spiro atoms. The minimum Gasteiger partial charge on any atom is -0.437 e. The topological polar surface area (TPSA) is 68.5 Å². The Hall–Kier alpha value is -1.41. The molecule has 1 aromatic carbocycles. The van der Waals surface area contributed by atoms with Gasteiger partial charge in [0, 0.05) is 25.3 Å². The molecule has 1 aliphatic heterocycles. The first-order valence-corrected chi connectivity index (χ1v) is 7.96. The van der Waals surface area contributed by atoms with Crippen LogP contribution in [0.2, 0.25) is 0 Å². The molecule has 25 heavy (non-hydrogen) atoms. The average molecular weight is 453 g/mol. The first kappa shape index (κ1) is 21.6. The van der Waals surface area contributed by atoms with E-state index in [9.17, 15) is 9.18 Å². The van der Waals surface area contributed by atoms with Crippen molar-refractivity contribution in [2.45, 2.75) is 12.5 Å². The van der Waals surface area contributed by atoms with Gasteiger partial charge < -0.3 is 15.4 Å². The molecule has 1 unspecified atom stereocenters. The number of halogens is 4. The van der Waals surface area contributed by atoms with E-state index in [-0.39, 0.29) is 48.5 Å². The Morgan fingerprint density at radius 3 is 2.76 bits per heavy atom. The van der Waals surface area contributed by atoms with Crippen LogP contribution in [0.5, 0.6) is 11.6 Å². The number of carbonyl (C=O) groups is 1. The predicted octanol–water partition coefficient (Wildman–Crippen LogP) is 3.79. The molecule has 2 heterocycles. The van der Waals surface area contributed by atoms with Crippen molar-refractivity contribution in [3.63, 3.8) is 0 Å². The van der Waals surface area contributed by atoms with Crippen LogP contribution in [0.25, 0.3) is 0 Å². The van der Waals surface area contributed by atoms with Gasteiger partial charge in [-0.05, 0) is 52.7 Å². The number of nitrogens with two attached hydrogens (primary N) is 1. The highest BCUT2D eigenvalue weighted by Gasteiger charge is 2.27. The van der Waals surface area contributed by atoms with Crippen LogP contribution < -0.4 is 10.5 Å². The maximum absolute atomic E-state index is 13.2. The minimum atomic E-state index is -0.382. The number of ether oxygens (including phenoxy) is 1. The van der Waals surface area contributed by atoms with Crippen molar-refractivity contribution < 1.29 is 13.9 Å². The summed E-state index contributed by atoms with van der Waals surface area (Å²) in [6.45, 7) is 1.14. The van der Waals surface area contributed by atoms with E-state index in [1.165, 1.54) is 18.2 Å². The summed E-state index contributed by atoms with van der Waals surface area (Å²) in [6.07, 6.45) is 2.32. The normalized spacial score (nSPS) is 16.0. The predicted molar refractivity (Wildman–Crippen MR) is 101 cm³/mol. The lowest BCUT2D eigenvalue weighted by Crippen LogP contribution is -2.32. The van der Waals surface area contributed by atoms with E-state index in [1.54, 1.807) is 23.2 Å². The molecule has 1 fully saturated rings. The van der Waals surface area contributed by atoms with Crippen molar-refractivity contribution in [3.8, 4) is 11.6 Å². The second kappa shape index (κ2) is 9.33. The summed E-state index contributed by atoms with van der Waals surface area (Å²) in [5, 5.41) is 0. The number of pyridine rings is 1. The highest BCUT2D eigenvalue weighted by molar-refractivity contribution is 9.10. The van der Waals surface area contributed by atoms with Crippen LogP contribution >= 0.6 is 40.7 Å². The zero-order valence-corrected chi connectivity index (χ0v) is 16.2. The number of hydrogen-bond acceptors (Lipinski definition) is 4. The monoisotopic (exact) mass is 451 g/mol. The number of carbonyl (C=O) groups excluding carboxylic acids is 1. The highest BCUT2D eigenvalue weighted by Crippen LogP contribution is 2.31. The average Bonchev–Trinajstić information content (AvgIpc) is 2.96. The first-order chi connectivity index (χ1) is 11.0. The van der Waals surface area contributed by atoms with Crippen molar-refractivity contribution in [2.75, 3.05) is 13.1 Å². The number of benzene rings is 1. The summed E-state index contributed by atoms with van der Waals surface area (Å²) in [6, 6.07) is 7.39. The van der Waals surface area contributed by atoms with E-state index < -0.39 is 0 Å². The molecule has 0 radical (unpaired) electrons. The maximum atomic E-state index is 13.2. The smallest absolute Gasteiger partial charge is 0.259 e. The standard InChI is InChI=1S/C16H15BrFN3O2.2ClH/c17-13-8-10(18)3-4-14(13)23-15-12(2-1-6-20-15)16(22)21-7-5-11(19)9-21;;/h1-4,6,8,11H,5,7,9,19H2;2*1H. The molecule has 1 saturated heterocycles. The van der Waals surface area contributed by atoms with Crippen molar-refractivity contribution in [1.29, 1.82) is 0 Å². The lowest BCUT2D eigenvalue weighted by molar-refractivity contribution is 0.0787. The van der Waals surface area contributed by atoms with Crippen LogP contribution in [0, 0.1) is 5.82 Å². The number of amides is 1. The fraction of sp³-hybridized carbons (Fsp3) is 0.250. The number of likely N-dealkylation sites (tertiary alicyclic amines) is 1. The summed E-state index contributed by atoms with van der Waals surface area (Å²) in [5.41, 5.74) is 6.21. The third-order valence-electron chi connectivity index (χ3n) is 3.61. The van der Waals surface area contributed by atoms with Gasteiger partial charge in [-0.3, -0.25) is 4.79 Å². The van der Waals surface area contributed by atoms with Crippen molar-refractivity contribution in [2.24, 2.45) is 5.73 Å². The molecule has 1 atom stereocenters. The summed E-state index contributed by atoms with van der Waals surface area (Å²) >= 11 is 3.24. The lowest BCUT2D eigenvalue weighted by atomic mass is 10.2. The van der Waals surface area contributed by atoms with Crippen LogP contribution in [0.1, 0.15) is 16.8 Å². The van der Waals surface area contributed by atoms with Gasteiger partial charge in [0.25, 0.3) is 5.91 Å². The quantitative estimate of drug-likeness (QED) is 0.769. The Balaban J connectivity index is 0.00000156. The van der Waals surface area contributed by atoms with Gasteiger partial charge in [0.1, 0.15) is 17.1 Å². The van der Waals surface area contributed by atoms with Crippen LogP contribution in [-0.2, 0) is 0 Å². The number of rotatable bonds is 3. The molecule has 0 aliphatic carbocycles. The van der Waals surface area contributed by atoms with Gasteiger partial charge in [-0.1, -0.05) is 0 Å². The van der Waals surface area contributed by atoms with Gasteiger partial charge in [-0.2, -0.15) is 0 Å². The molecule has 1 aliphatic rings. The molecule has 1 amide bonds. The van der Waals surface area contributed by atoms with Gasteiger partial charge in [0.2, 0.25) is 5.88 Å².